The molecule has 1 amide bonds. The van der Waals surface area contributed by atoms with Gasteiger partial charge in [0.15, 0.2) is 0 Å². The van der Waals surface area contributed by atoms with Gasteiger partial charge in [0, 0.05) is 57.6 Å². The maximum Gasteiger partial charge on any atom is 0.253 e. The maximum atomic E-state index is 13.3. The van der Waals surface area contributed by atoms with Gasteiger partial charge in [-0.3, -0.25) is 9.69 Å². The van der Waals surface area contributed by atoms with E-state index in [1.54, 1.807) is 19.4 Å². The number of carbonyl (C=O) groups is 1. The van der Waals surface area contributed by atoms with Crippen molar-refractivity contribution in [1.82, 2.24) is 24.8 Å². The topological polar surface area (TPSA) is 128 Å². The minimum absolute atomic E-state index is 0.0224. The van der Waals surface area contributed by atoms with Gasteiger partial charge >= 0.3 is 0 Å². The van der Waals surface area contributed by atoms with Crippen molar-refractivity contribution in [2.24, 2.45) is 5.92 Å². The molecule has 0 radical (unpaired) electrons. The van der Waals surface area contributed by atoms with Crippen molar-refractivity contribution in [3.8, 4) is 5.75 Å². The van der Waals surface area contributed by atoms with Crippen LogP contribution < -0.4 is 15.4 Å². The third kappa shape index (κ3) is 6.95. The van der Waals surface area contributed by atoms with Gasteiger partial charge in [-0.15, -0.1) is 0 Å². The first kappa shape index (κ1) is 29.9. The van der Waals surface area contributed by atoms with Crippen molar-refractivity contribution in [1.29, 1.82) is 0 Å². The Labute approximate surface area is 240 Å². The monoisotopic (exact) mass is 573 g/mol. The number of nitrogens with one attached hydrogen (secondary N) is 3. The highest BCUT2D eigenvalue weighted by Gasteiger charge is 2.28. The summed E-state index contributed by atoms with van der Waals surface area (Å²) in [6.07, 6.45) is 3.67. The lowest BCUT2D eigenvalue weighted by molar-refractivity contribution is 0.00159. The molecule has 5 rings (SSSR count). The normalized spacial score (nSPS) is 16.5. The molecule has 0 unspecified atom stereocenters. The number of aliphatic hydroxyl groups excluding tert-OH is 1. The van der Waals surface area contributed by atoms with Crippen molar-refractivity contribution in [2.75, 3.05) is 70.8 Å². The maximum absolute atomic E-state index is 13.3. The highest BCUT2D eigenvalue weighted by Crippen LogP contribution is 2.33. The number of hydrogen-bond acceptors (Lipinski definition) is 9. The predicted octanol–water partition coefficient (Wildman–Crippen LogP) is 3.98. The Morgan fingerprint density at radius 3 is 2.60 bits per heavy atom. The summed E-state index contributed by atoms with van der Waals surface area (Å²) in [7, 11) is 2.59. The fraction of sp³-hybridized carbons (Fsp3) is 0.536. The number of anilines is 3. The van der Waals surface area contributed by atoms with E-state index in [-0.39, 0.29) is 5.91 Å². The van der Waals surface area contributed by atoms with Crippen LogP contribution in [0.1, 0.15) is 37.0 Å². The zero-order valence-electron chi connectivity index (χ0n) is 23.7. The average molecular weight is 574 g/mol. The number of nitrogens with zero attached hydrogens (tertiary/aromatic N) is 4. The van der Waals surface area contributed by atoms with E-state index >= 15 is 0 Å². The molecule has 0 atom stereocenters. The van der Waals surface area contributed by atoms with Crippen LogP contribution in [0.3, 0.4) is 0 Å². The Morgan fingerprint density at radius 1 is 1.20 bits per heavy atom. The number of hydrogen-bond donors (Lipinski definition) is 4. The third-order valence-electron chi connectivity index (χ3n) is 7.17. The molecule has 1 aromatic carbocycles. The van der Waals surface area contributed by atoms with Crippen LogP contribution in [0.4, 0.5) is 17.5 Å². The number of rotatable bonds is 8. The summed E-state index contributed by atoms with van der Waals surface area (Å²) in [4.78, 5) is 30.1. The molecular weight excluding hydrogens is 534 g/mol. The van der Waals surface area contributed by atoms with Crippen LogP contribution in [0.5, 0.6) is 5.75 Å². The quantitative estimate of drug-likeness (QED) is 0.316. The number of benzene rings is 1. The molecule has 2 aliphatic rings. The number of fused-ring (bicyclic) bond motifs is 1. The molecule has 3 aromatic rings. The summed E-state index contributed by atoms with van der Waals surface area (Å²) in [6.45, 7) is 10.1. The Bertz CT molecular complexity index is 1270. The lowest BCUT2D eigenvalue weighted by Crippen LogP contribution is -2.50. The molecule has 2 fully saturated rings. The van der Waals surface area contributed by atoms with E-state index in [0.717, 1.165) is 71.3 Å². The molecular formula is C28H40ClN7O4. The zero-order valence-corrected chi connectivity index (χ0v) is 24.4. The SMILES string of the molecule is CO.COc1cc(C(=O)N2CCC(N3CCOCC3)CC2)ccc1Nc1nc(NCC(C)C)c2c(Cl)c[nH]c2n1. The van der Waals surface area contributed by atoms with Gasteiger partial charge in [-0.2, -0.15) is 9.97 Å². The molecule has 2 aromatic heterocycles. The van der Waals surface area contributed by atoms with E-state index in [4.69, 9.17) is 26.2 Å². The van der Waals surface area contributed by atoms with Crippen molar-refractivity contribution >= 4 is 46.0 Å². The minimum atomic E-state index is 0.0224. The van der Waals surface area contributed by atoms with Gasteiger partial charge in [-0.25, -0.2) is 0 Å². The summed E-state index contributed by atoms with van der Waals surface area (Å²) >= 11 is 6.38. The van der Waals surface area contributed by atoms with Gasteiger partial charge < -0.3 is 35.1 Å². The molecule has 4 N–H and O–H groups in total. The van der Waals surface area contributed by atoms with E-state index in [9.17, 15) is 4.79 Å². The predicted molar refractivity (Wildman–Crippen MR) is 158 cm³/mol. The Hall–Kier alpha value is -3.12. The molecule has 2 aliphatic heterocycles. The smallest absolute Gasteiger partial charge is 0.253 e. The molecule has 11 nitrogen and oxygen atoms in total. The van der Waals surface area contributed by atoms with Crippen molar-refractivity contribution in [3.63, 3.8) is 0 Å². The number of aromatic amines is 1. The van der Waals surface area contributed by atoms with Crippen LogP contribution in [0.25, 0.3) is 11.0 Å². The number of H-pyrrole nitrogens is 1. The molecule has 0 saturated carbocycles. The number of likely N-dealkylation sites (tertiary alicyclic amines) is 1. The van der Waals surface area contributed by atoms with Crippen molar-refractivity contribution in [2.45, 2.75) is 32.7 Å². The summed E-state index contributed by atoms with van der Waals surface area (Å²) in [6, 6.07) is 5.96. The minimum Gasteiger partial charge on any atom is -0.495 e. The number of halogens is 1. The van der Waals surface area contributed by atoms with E-state index < -0.39 is 0 Å². The second kappa shape index (κ2) is 14.0. The largest absolute Gasteiger partial charge is 0.495 e. The number of ether oxygens (including phenoxy) is 2. The number of methoxy groups -OCH3 is 1. The van der Waals surface area contributed by atoms with Gasteiger partial charge in [0.2, 0.25) is 5.95 Å². The number of amides is 1. The van der Waals surface area contributed by atoms with Crippen LogP contribution in [0.2, 0.25) is 5.02 Å². The van der Waals surface area contributed by atoms with Crippen LogP contribution in [-0.2, 0) is 4.74 Å². The van der Waals surface area contributed by atoms with Gasteiger partial charge in [-0.1, -0.05) is 25.4 Å². The second-order valence-corrected chi connectivity index (χ2v) is 10.6. The summed E-state index contributed by atoms with van der Waals surface area (Å²) in [5.74, 6) is 2.05. The number of carbonyl (C=O) groups excluding carboxylic acids is 1. The Balaban J connectivity index is 0.00000181. The van der Waals surface area contributed by atoms with Gasteiger partial charge in [0.25, 0.3) is 5.91 Å². The van der Waals surface area contributed by atoms with E-state index in [1.807, 2.05) is 17.0 Å². The first-order chi connectivity index (χ1) is 19.4. The molecule has 0 bridgehead atoms. The molecule has 2 saturated heterocycles. The molecule has 0 aliphatic carbocycles. The van der Waals surface area contributed by atoms with Crippen LogP contribution in [-0.4, -0.2) is 102 Å². The van der Waals surface area contributed by atoms with Gasteiger partial charge in [0.1, 0.15) is 17.2 Å². The van der Waals surface area contributed by atoms with Crippen LogP contribution >= 0.6 is 11.6 Å². The van der Waals surface area contributed by atoms with Crippen molar-refractivity contribution in [3.05, 3.63) is 35.0 Å². The fourth-order valence-corrected chi connectivity index (χ4v) is 5.32. The first-order valence-electron chi connectivity index (χ1n) is 13.7. The number of piperidine rings is 1. The molecule has 40 heavy (non-hydrogen) atoms. The van der Waals surface area contributed by atoms with E-state index in [0.29, 0.717) is 51.4 Å². The van der Waals surface area contributed by atoms with Gasteiger partial charge in [0.05, 0.1) is 36.4 Å². The summed E-state index contributed by atoms with van der Waals surface area (Å²) < 4.78 is 11.1. The molecule has 4 heterocycles. The molecule has 12 heteroatoms. The lowest BCUT2D eigenvalue weighted by atomic mass is 10.0. The van der Waals surface area contributed by atoms with E-state index in [2.05, 4.69) is 44.3 Å². The first-order valence-corrected chi connectivity index (χ1v) is 14.1. The number of aliphatic hydroxyl groups is 1. The number of morpholine rings is 1. The highest BCUT2D eigenvalue weighted by molar-refractivity contribution is 6.36. The third-order valence-corrected chi connectivity index (χ3v) is 7.47. The molecule has 0 spiro atoms. The number of aromatic nitrogens is 3. The molecule has 218 valence electrons. The average Bonchev–Trinajstić information content (AvgIpc) is 3.37. The van der Waals surface area contributed by atoms with Crippen LogP contribution in [0, 0.1) is 5.92 Å². The summed E-state index contributed by atoms with van der Waals surface area (Å²) in [5, 5.41) is 14.9. The summed E-state index contributed by atoms with van der Waals surface area (Å²) in [5.41, 5.74) is 1.90. The van der Waals surface area contributed by atoms with E-state index in [1.165, 1.54) is 0 Å². The highest BCUT2D eigenvalue weighted by atomic mass is 35.5. The van der Waals surface area contributed by atoms with Crippen molar-refractivity contribution < 1.29 is 19.4 Å². The zero-order chi connectivity index (χ0) is 28.6. The standard InChI is InChI=1S/C27H36ClN7O3.CH4O/c1-17(2)15-29-24-23-20(28)16-30-25(23)33-27(32-24)31-21-5-4-18(14-22(21)37-3)26(36)35-8-6-19(7-9-35)34-10-12-38-13-11-34;1-2/h4-5,14,16-17,19H,6-13,15H2,1-3H3,(H3,29,30,31,32,33);2H,1H3. The fourth-order valence-electron chi connectivity index (χ4n) is 5.09. The van der Waals surface area contributed by atoms with Crippen LogP contribution in [0.15, 0.2) is 24.4 Å². The Morgan fingerprint density at radius 2 is 1.93 bits per heavy atom. The van der Waals surface area contributed by atoms with Gasteiger partial charge in [-0.05, 0) is 37.0 Å². The lowest BCUT2D eigenvalue weighted by Gasteiger charge is -2.40. The Kier molecular flexibility index (Phi) is 10.4. The second-order valence-electron chi connectivity index (χ2n) is 10.2.